The van der Waals surface area contributed by atoms with Gasteiger partial charge in [-0.15, -0.1) is 0 Å². The molecular formula is C14H17FO3. The fourth-order valence-corrected chi connectivity index (χ4v) is 1.97. The molecule has 0 radical (unpaired) electrons. The summed E-state index contributed by atoms with van der Waals surface area (Å²) in [6, 6.07) is 3.34. The van der Waals surface area contributed by atoms with Crippen molar-refractivity contribution in [1.82, 2.24) is 0 Å². The first-order valence-electron chi connectivity index (χ1n) is 5.99. The Kier molecular flexibility index (Phi) is 3.28. The highest BCUT2D eigenvalue weighted by atomic mass is 19.1. The van der Waals surface area contributed by atoms with Gasteiger partial charge in [0.15, 0.2) is 11.5 Å². The summed E-state index contributed by atoms with van der Waals surface area (Å²) >= 11 is 0. The molecular weight excluding hydrogens is 235 g/mol. The average molecular weight is 252 g/mol. The molecule has 98 valence electrons. The monoisotopic (exact) mass is 252 g/mol. The highest BCUT2D eigenvalue weighted by molar-refractivity contribution is 5.79. The molecule has 4 heteroatoms. The van der Waals surface area contributed by atoms with Gasteiger partial charge in [0, 0.05) is 12.0 Å². The van der Waals surface area contributed by atoms with Gasteiger partial charge in [-0.05, 0) is 38.5 Å². The van der Waals surface area contributed by atoms with E-state index in [1.807, 2.05) is 0 Å². The van der Waals surface area contributed by atoms with Gasteiger partial charge in [-0.25, -0.2) is 4.39 Å². The van der Waals surface area contributed by atoms with E-state index < -0.39 is 5.67 Å². The van der Waals surface area contributed by atoms with Crippen LogP contribution in [0.15, 0.2) is 12.1 Å². The first-order chi connectivity index (χ1) is 8.38. The van der Waals surface area contributed by atoms with Gasteiger partial charge in [-0.2, -0.15) is 0 Å². The van der Waals surface area contributed by atoms with Crippen LogP contribution in [0, 0.1) is 0 Å². The van der Waals surface area contributed by atoms with Gasteiger partial charge in [0.05, 0.1) is 0 Å². The van der Waals surface area contributed by atoms with Crippen LogP contribution in [0.2, 0.25) is 0 Å². The Balaban J connectivity index is 2.51. The molecule has 0 bridgehead atoms. The third-order valence-corrected chi connectivity index (χ3v) is 2.84. The zero-order chi connectivity index (χ0) is 13.3. The minimum absolute atomic E-state index is 0.0141. The Labute approximate surface area is 106 Å². The molecule has 1 aromatic rings. The van der Waals surface area contributed by atoms with Gasteiger partial charge in [-0.1, -0.05) is 0 Å². The van der Waals surface area contributed by atoms with Crippen LogP contribution in [0.1, 0.15) is 31.9 Å². The molecule has 0 N–H and O–H groups in total. The van der Waals surface area contributed by atoms with Crippen molar-refractivity contribution >= 4 is 5.78 Å². The molecule has 1 heterocycles. The Morgan fingerprint density at radius 3 is 2.61 bits per heavy atom. The summed E-state index contributed by atoms with van der Waals surface area (Å²) in [5.74, 6) is 1.12. The second-order valence-corrected chi connectivity index (χ2v) is 5.01. The standard InChI is InChI=1S/C14H17FO3/c1-9(16)6-10-7-11(14(2,3)15)8-12-13(10)18-5-4-17-12/h7-8H,4-6H2,1-3H3. The Morgan fingerprint density at radius 1 is 1.33 bits per heavy atom. The number of hydrogen-bond acceptors (Lipinski definition) is 3. The molecule has 0 spiro atoms. The molecule has 0 saturated carbocycles. The third-order valence-electron chi connectivity index (χ3n) is 2.84. The van der Waals surface area contributed by atoms with Crippen molar-refractivity contribution in [3.63, 3.8) is 0 Å². The minimum Gasteiger partial charge on any atom is -0.486 e. The SMILES string of the molecule is CC(=O)Cc1cc(C(C)(C)F)cc2c1OCCO2. The van der Waals surface area contributed by atoms with E-state index in [1.165, 1.54) is 20.8 Å². The molecule has 2 rings (SSSR count). The van der Waals surface area contributed by atoms with Crippen LogP contribution in [-0.2, 0) is 16.9 Å². The molecule has 0 fully saturated rings. The Bertz CT molecular complexity index is 475. The molecule has 0 aliphatic carbocycles. The first kappa shape index (κ1) is 12.9. The molecule has 1 aliphatic heterocycles. The fourth-order valence-electron chi connectivity index (χ4n) is 1.97. The van der Waals surface area contributed by atoms with E-state index >= 15 is 0 Å². The van der Waals surface area contributed by atoms with Crippen molar-refractivity contribution < 1.29 is 18.7 Å². The van der Waals surface area contributed by atoms with Crippen molar-refractivity contribution in [1.29, 1.82) is 0 Å². The van der Waals surface area contributed by atoms with Crippen LogP contribution in [0.3, 0.4) is 0 Å². The molecule has 0 amide bonds. The molecule has 0 atom stereocenters. The van der Waals surface area contributed by atoms with Gasteiger partial charge in [-0.3, -0.25) is 4.79 Å². The van der Waals surface area contributed by atoms with E-state index in [2.05, 4.69) is 0 Å². The summed E-state index contributed by atoms with van der Waals surface area (Å²) in [6.45, 7) is 5.37. The zero-order valence-electron chi connectivity index (χ0n) is 10.9. The lowest BCUT2D eigenvalue weighted by atomic mass is 9.95. The van der Waals surface area contributed by atoms with Crippen molar-refractivity contribution in [2.75, 3.05) is 13.2 Å². The van der Waals surface area contributed by atoms with Crippen molar-refractivity contribution in [2.45, 2.75) is 32.9 Å². The molecule has 0 unspecified atom stereocenters. The Hall–Kier alpha value is -1.58. The minimum atomic E-state index is -1.47. The van der Waals surface area contributed by atoms with E-state index in [1.54, 1.807) is 12.1 Å². The van der Waals surface area contributed by atoms with Crippen LogP contribution in [0.4, 0.5) is 4.39 Å². The lowest BCUT2D eigenvalue weighted by molar-refractivity contribution is -0.116. The number of hydrogen-bond donors (Lipinski definition) is 0. The average Bonchev–Trinajstić information content (AvgIpc) is 2.27. The van der Waals surface area contributed by atoms with Crippen molar-refractivity contribution in [2.24, 2.45) is 0 Å². The molecule has 0 saturated heterocycles. The first-order valence-corrected chi connectivity index (χ1v) is 5.99. The van der Waals surface area contributed by atoms with E-state index in [0.717, 1.165) is 0 Å². The van der Waals surface area contributed by atoms with Crippen LogP contribution in [0.25, 0.3) is 0 Å². The van der Waals surface area contributed by atoms with Crippen LogP contribution in [-0.4, -0.2) is 19.0 Å². The fraction of sp³-hybridized carbons (Fsp3) is 0.500. The normalized spacial score (nSPS) is 14.4. The van der Waals surface area contributed by atoms with Gasteiger partial charge < -0.3 is 9.47 Å². The smallest absolute Gasteiger partial charge is 0.165 e. The number of halogens is 1. The van der Waals surface area contributed by atoms with Gasteiger partial charge in [0.1, 0.15) is 24.7 Å². The van der Waals surface area contributed by atoms with Gasteiger partial charge in [0.25, 0.3) is 0 Å². The van der Waals surface area contributed by atoms with Crippen molar-refractivity contribution in [3.05, 3.63) is 23.3 Å². The summed E-state index contributed by atoms with van der Waals surface area (Å²) in [6.07, 6.45) is 0.232. The van der Waals surface area contributed by atoms with Crippen LogP contribution < -0.4 is 9.47 Å². The van der Waals surface area contributed by atoms with E-state index in [-0.39, 0.29) is 12.2 Å². The number of fused-ring (bicyclic) bond motifs is 1. The van der Waals surface area contributed by atoms with Crippen LogP contribution in [0.5, 0.6) is 11.5 Å². The third kappa shape index (κ3) is 2.63. The highest BCUT2D eigenvalue weighted by Gasteiger charge is 2.25. The predicted molar refractivity (Wildman–Crippen MR) is 66.0 cm³/mol. The summed E-state index contributed by atoms with van der Waals surface area (Å²) in [4.78, 5) is 11.3. The summed E-state index contributed by atoms with van der Waals surface area (Å²) < 4.78 is 25.0. The number of carbonyl (C=O) groups is 1. The second kappa shape index (κ2) is 4.59. The molecule has 0 aromatic heterocycles. The maximum atomic E-state index is 14.0. The number of rotatable bonds is 3. The van der Waals surface area contributed by atoms with Crippen LogP contribution >= 0.6 is 0 Å². The number of ketones is 1. The van der Waals surface area contributed by atoms with E-state index in [9.17, 15) is 9.18 Å². The molecule has 18 heavy (non-hydrogen) atoms. The molecule has 3 nitrogen and oxygen atoms in total. The number of carbonyl (C=O) groups excluding carboxylic acids is 1. The van der Waals surface area contributed by atoms with E-state index in [4.69, 9.17) is 9.47 Å². The van der Waals surface area contributed by atoms with Gasteiger partial charge in [0.2, 0.25) is 0 Å². The quantitative estimate of drug-likeness (QED) is 0.829. The predicted octanol–water partition coefficient (Wildman–Crippen LogP) is 2.79. The Morgan fingerprint density at radius 2 is 2.00 bits per heavy atom. The maximum absolute atomic E-state index is 14.0. The number of alkyl halides is 1. The number of benzene rings is 1. The molecule has 1 aliphatic rings. The highest BCUT2D eigenvalue weighted by Crippen LogP contribution is 2.39. The zero-order valence-corrected chi connectivity index (χ0v) is 10.9. The lowest BCUT2D eigenvalue weighted by Gasteiger charge is -2.24. The molecule has 1 aromatic carbocycles. The number of Topliss-reactive ketones (excluding diaryl/α,β-unsaturated/α-hetero) is 1. The summed E-state index contributed by atoms with van der Waals surface area (Å²) in [5, 5.41) is 0. The number of ether oxygens (including phenoxy) is 2. The second-order valence-electron chi connectivity index (χ2n) is 5.01. The lowest BCUT2D eigenvalue weighted by Crippen LogP contribution is -2.19. The van der Waals surface area contributed by atoms with Crippen molar-refractivity contribution in [3.8, 4) is 11.5 Å². The maximum Gasteiger partial charge on any atom is 0.165 e. The largest absolute Gasteiger partial charge is 0.486 e. The summed E-state index contributed by atoms with van der Waals surface area (Å²) in [7, 11) is 0. The van der Waals surface area contributed by atoms with Gasteiger partial charge >= 0.3 is 0 Å². The summed E-state index contributed by atoms with van der Waals surface area (Å²) in [5.41, 5.74) is -0.273. The van der Waals surface area contributed by atoms with E-state index in [0.29, 0.717) is 35.8 Å². The topological polar surface area (TPSA) is 35.5 Å².